The summed E-state index contributed by atoms with van der Waals surface area (Å²) in [6, 6.07) is 5.50. The molecular weight excluding hydrogens is 290 g/mol. The summed E-state index contributed by atoms with van der Waals surface area (Å²) in [6.07, 6.45) is 7.97. The molecule has 1 aromatic carbocycles. The van der Waals surface area contributed by atoms with Crippen LogP contribution in [-0.2, 0) is 4.79 Å². The summed E-state index contributed by atoms with van der Waals surface area (Å²) in [5, 5.41) is 2.98. The fourth-order valence-corrected chi connectivity index (χ4v) is 2.38. The van der Waals surface area contributed by atoms with Gasteiger partial charge in [0.15, 0.2) is 0 Å². The zero-order chi connectivity index (χ0) is 17.1. The van der Waals surface area contributed by atoms with E-state index in [2.05, 4.69) is 19.2 Å². The monoisotopic (exact) mass is 319 g/mol. The number of methoxy groups -OCH3 is 2. The molecule has 0 saturated heterocycles. The molecule has 0 aromatic heterocycles. The van der Waals surface area contributed by atoms with Crippen LogP contribution in [-0.4, -0.2) is 26.7 Å². The first-order chi connectivity index (χ1) is 11.1. The third-order valence-corrected chi connectivity index (χ3v) is 3.96. The predicted octanol–water partition coefficient (Wildman–Crippen LogP) is 4.05. The second-order valence-corrected chi connectivity index (χ2v) is 5.60. The SMILES string of the molecule is CCCCC(CC)CNC(=O)C=Cc1cc(OC)ccc1OC. The molecule has 1 rings (SSSR count). The third-order valence-electron chi connectivity index (χ3n) is 3.96. The molecule has 0 radical (unpaired) electrons. The summed E-state index contributed by atoms with van der Waals surface area (Å²) in [5.41, 5.74) is 0.819. The van der Waals surface area contributed by atoms with E-state index in [-0.39, 0.29) is 5.91 Å². The number of carbonyl (C=O) groups is 1. The van der Waals surface area contributed by atoms with E-state index < -0.39 is 0 Å². The van der Waals surface area contributed by atoms with Crippen molar-refractivity contribution in [3.8, 4) is 11.5 Å². The lowest BCUT2D eigenvalue weighted by Gasteiger charge is -2.14. The summed E-state index contributed by atoms with van der Waals surface area (Å²) >= 11 is 0. The minimum Gasteiger partial charge on any atom is -0.497 e. The Kier molecular flexibility index (Phi) is 8.88. The molecule has 0 heterocycles. The number of rotatable bonds is 10. The normalized spacial score (nSPS) is 12.2. The highest BCUT2D eigenvalue weighted by Crippen LogP contribution is 2.25. The molecule has 0 bridgehead atoms. The third kappa shape index (κ3) is 6.76. The second kappa shape index (κ2) is 10.7. The van der Waals surface area contributed by atoms with Crippen molar-refractivity contribution in [1.29, 1.82) is 0 Å². The molecular formula is C19H29NO3. The number of nitrogens with one attached hydrogen (secondary N) is 1. The number of unbranched alkanes of at least 4 members (excludes halogenated alkanes) is 1. The highest BCUT2D eigenvalue weighted by molar-refractivity contribution is 5.92. The van der Waals surface area contributed by atoms with Gasteiger partial charge >= 0.3 is 0 Å². The van der Waals surface area contributed by atoms with Crippen molar-refractivity contribution in [2.24, 2.45) is 5.92 Å². The summed E-state index contributed by atoms with van der Waals surface area (Å²) in [6.45, 7) is 5.09. The number of hydrogen-bond donors (Lipinski definition) is 1. The highest BCUT2D eigenvalue weighted by Gasteiger charge is 2.07. The maximum absolute atomic E-state index is 12.0. The molecule has 0 spiro atoms. The Morgan fingerprint density at radius 2 is 2.04 bits per heavy atom. The second-order valence-electron chi connectivity index (χ2n) is 5.60. The highest BCUT2D eigenvalue weighted by atomic mass is 16.5. The van der Waals surface area contributed by atoms with Gasteiger partial charge < -0.3 is 14.8 Å². The van der Waals surface area contributed by atoms with Gasteiger partial charge in [-0.05, 0) is 36.6 Å². The first kappa shape index (κ1) is 19.1. The Labute approximate surface area is 139 Å². The van der Waals surface area contributed by atoms with Crippen molar-refractivity contribution < 1.29 is 14.3 Å². The Morgan fingerprint density at radius 1 is 1.26 bits per heavy atom. The van der Waals surface area contributed by atoms with Crippen molar-refractivity contribution in [2.45, 2.75) is 39.5 Å². The standard InChI is InChI=1S/C19H29NO3/c1-5-7-8-15(6-2)14-20-19(21)12-9-16-13-17(22-3)10-11-18(16)23-4/h9-13,15H,5-8,14H2,1-4H3,(H,20,21). The maximum Gasteiger partial charge on any atom is 0.244 e. The zero-order valence-corrected chi connectivity index (χ0v) is 14.7. The molecule has 0 aliphatic heterocycles. The van der Waals surface area contributed by atoms with Crippen LogP contribution in [0.2, 0.25) is 0 Å². The van der Waals surface area contributed by atoms with Gasteiger partial charge in [-0.15, -0.1) is 0 Å². The molecule has 4 nitrogen and oxygen atoms in total. The van der Waals surface area contributed by atoms with Gasteiger partial charge in [0.1, 0.15) is 11.5 Å². The molecule has 1 amide bonds. The quantitative estimate of drug-likeness (QED) is 0.662. The summed E-state index contributed by atoms with van der Waals surface area (Å²) in [7, 11) is 3.22. The molecule has 128 valence electrons. The smallest absolute Gasteiger partial charge is 0.244 e. The van der Waals surface area contributed by atoms with Crippen LogP contribution < -0.4 is 14.8 Å². The first-order valence-corrected chi connectivity index (χ1v) is 8.32. The van der Waals surface area contributed by atoms with Gasteiger partial charge in [-0.3, -0.25) is 4.79 Å². The lowest BCUT2D eigenvalue weighted by Crippen LogP contribution is -2.27. The molecule has 4 heteroatoms. The maximum atomic E-state index is 12.0. The van der Waals surface area contributed by atoms with E-state index in [1.54, 1.807) is 26.4 Å². The van der Waals surface area contributed by atoms with Gasteiger partial charge in [0, 0.05) is 18.2 Å². The minimum absolute atomic E-state index is 0.0789. The molecule has 1 unspecified atom stereocenters. The fraction of sp³-hybridized carbons (Fsp3) is 0.526. The van der Waals surface area contributed by atoms with Crippen LogP contribution in [0.25, 0.3) is 6.08 Å². The van der Waals surface area contributed by atoms with Crippen LogP contribution in [0.5, 0.6) is 11.5 Å². The minimum atomic E-state index is -0.0789. The Morgan fingerprint density at radius 3 is 2.65 bits per heavy atom. The number of ether oxygens (including phenoxy) is 2. The van der Waals surface area contributed by atoms with Gasteiger partial charge in [0.05, 0.1) is 14.2 Å². The number of carbonyl (C=O) groups excluding carboxylic acids is 1. The van der Waals surface area contributed by atoms with E-state index in [1.165, 1.54) is 19.3 Å². The lowest BCUT2D eigenvalue weighted by molar-refractivity contribution is -0.116. The average Bonchev–Trinajstić information content (AvgIpc) is 2.59. The van der Waals surface area contributed by atoms with Crippen molar-refractivity contribution in [3.63, 3.8) is 0 Å². The molecule has 0 fully saturated rings. The van der Waals surface area contributed by atoms with E-state index in [4.69, 9.17) is 9.47 Å². The zero-order valence-electron chi connectivity index (χ0n) is 14.7. The largest absolute Gasteiger partial charge is 0.497 e. The average molecular weight is 319 g/mol. The van der Waals surface area contributed by atoms with Crippen molar-refractivity contribution in [2.75, 3.05) is 20.8 Å². The first-order valence-electron chi connectivity index (χ1n) is 8.32. The van der Waals surface area contributed by atoms with Crippen LogP contribution in [0, 0.1) is 5.92 Å². The molecule has 1 N–H and O–H groups in total. The number of benzene rings is 1. The Hall–Kier alpha value is -1.97. The van der Waals surface area contributed by atoms with Crippen LogP contribution in [0.3, 0.4) is 0 Å². The van der Waals surface area contributed by atoms with E-state index in [0.29, 0.717) is 11.7 Å². The Bertz CT molecular complexity index is 511. The van der Waals surface area contributed by atoms with Crippen molar-refractivity contribution in [3.05, 3.63) is 29.8 Å². The van der Waals surface area contributed by atoms with E-state index >= 15 is 0 Å². The van der Waals surface area contributed by atoms with Crippen LogP contribution in [0.4, 0.5) is 0 Å². The van der Waals surface area contributed by atoms with Gasteiger partial charge in [-0.2, -0.15) is 0 Å². The predicted molar refractivity (Wildman–Crippen MR) is 94.9 cm³/mol. The number of amides is 1. The Balaban J connectivity index is 2.60. The summed E-state index contributed by atoms with van der Waals surface area (Å²) in [4.78, 5) is 12.0. The van der Waals surface area contributed by atoms with Crippen molar-refractivity contribution in [1.82, 2.24) is 5.32 Å². The van der Waals surface area contributed by atoms with Gasteiger partial charge in [0.2, 0.25) is 5.91 Å². The van der Waals surface area contributed by atoms with Crippen LogP contribution >= 0.6 is 0 Å². The number of hydrogen-bond acceptors (Lipinski definition) is 3. The van der Waals surface area contributed by atoms with E-state index in [9.17, 15) is 4.79 Å². The topological polar surface area (TPSA) is 47.6 Å². The van der Waals surface area contributed by atoms with Gasteiger partial charge in [-0.25, -0.2) is 0 Å². The van der Waals surface area contributed by atoms with Crippen molar-refractivity contribution >= 4 is 12.0 Å². The molecule has 23 heavy (non-hydrogen) atoms. The van der Waals surface area contributed by atoms with E-state index in [1.807, 2.05) is 18.2 Å². The molecule has 1 atom stereocenters. The van der Waals surface area contributed by atoms with Crippen LogP contribution in [0.15, 0.2) is 24.3 Å². The lowest BCUT2D eigenvalue weighted by atomic mass is 9.99. The van der Waals surface area contributed by atoms with Crippen LogP contribution in [0.1, 0.15) is 45.1 Å². The molecule has 0 saturated carbocycles. The van der Waals surface area contributed by atoms with Gasteiger partial charge in [-0.1, -0.05) is 33.1 Å². The molecule has 0 aliphatic carbocycles. The summed E-state index contributed by atoms with van der Waals surface area (Å²) < 4.78 is 10.5. The molecule has 1 aromatic rings. The fourth-order valence-electron chi connectivity index (χ4n) is 2.38. The van der Waals surface area contributed by atoms with Gasteiger partial charge in [0.25, 0.3) is 0 Å². The van der Waals surface area contributed by atoms with E-state index in [0.717, 1.165) is 24.3 Å². The summed E-state index contributed by atoms with van der Waals surface area (Å²) in [5.74, 6) is 1.92. The molecule has 0 aliphatic rings.